The van der Waals surface area contributed by atoms with E-state index in [2.05, 4.69) is 10.2 Å². The minimum atomic E-state index is -0.593. The predicted octanol–water partition coefficient (Wildman–Crippen LogP) is 4.83. The number of ether oxygens (including phenoxy) is 1. The maximum atomic E-state index is 14.3. The largest absolute Gasteiger partial charge is 0.465 e. The van der Waals surface area contributed by atoms with Crippen molar-refractivity contribution in [1.29, 1.82) is 0 Å². The first-order valence-electron chi connectivity index (χ1n) is 13.3. The van der Waals surface area contributed by atoms with E-state index in [1.807, 2.05) is 30.3 Å². The number of esters is 1. The number of benzene rings is 3. The normalized spacial score (nSPS) is 19.2. The summed E-state index contributed by atoms with van der Waals surface area (Å²) in [5, 5.41) is 3.29. The van der Waals surface area contributed by atoms with E-state index < -0.39 is 11.8 Å². The van der Waals surface area contributed by atoms with Crippen molar-refractivity contribution in [1.82, 2.24) is 15.1 Å². The van der Waals surface area contributed by atoms with E-state index >= 15 is 0 Å². The van der Waals surface area contributed by atoms with E-state index in [1.54, 1.807) is 29.2 Å². The maximum absolute atomic E-state index is 14.3. The number of amides is 2. The Morgan fingerprint density at radius 2 is 1.57 bits per heavy atom. The van der Waals surface area contributed by atoms with Crippen molar-refractivity contribution in [3.63, 3.8) is 0 Å². The monoisotopic (exact) mass is 563 g/mol. The molecule has 3 aromatic rings. The number of carbonyl (C=O) groups is 3. The Morgan fingerprint density at radius 1 is 0.925 bits per heavy atom. The third-order valence-electron chi connectivity index (χ3n) is 7.84. The van der Waals surface area contributed by atoms with Gasteiger partial charge in [-0.2, -0.15) is 0 Å². The molecule has 208 valence electrons. The molecular formula is C31H31ClFN3O4. The van der Waals surface area contributed by atoms with Gasteiger partial charge in [0, 0.05) is 38.3 Å². The van der Waals surface area contributed by atoms with E-state index in [0.717, 1.165) is 25.2 Å². The fourth-order valence-electron chi connectivity index (χ4n) is 5.74. The van der Waals surface area contributed by atoms with Gasteiger partial charge in [-0.15, -0.1) is 0 Å². The van der Waals surface area contributed by atoms with E-state index in [-0.39, 0.29) is 28.4 Å². The van der Waals surface area contributed by atoms with Crippen molar-refractivity contribution in [2.24, 2.45) is 11.8 Å². The number of halogens is 2. The van der Waals surface area contributed by atoms with Crippen LogP contribution < -0.4 is 5.32 Å². The number of fused-ring (bicyclic) bond motifs is 1. The number of hydrogen-bond acceptors (Lipinski definition) is 5. The molecule has 2 saturated heterocycles. The maximum Gasteiger partial charge on any atom is 0.337 e. The van der Waals surface area contributed by atoms with Gasteiger partial charge in [-0.25, -0.2) is 9.18 Å². The fourth-order valence-corrected chi connectivity index (χ4v) is 5.98. The molecule has 2 fully saturated rings. The number of rotatable bonds is 8. The number of carbonyl (C=O) groups excluding carboxylic acids is 3. The summed E-state index contributed by atoms with van der Waals surface area (Å²) in [6, 6.07) is 20.3. The van der Waals surface area contributed by atoms with Crippen LogP contribution in [0.2, 0.25) is 5.02 Å². The highest BCUT2D eigenvalue weighted by atomic mass is 35.5. The van der Waals surface area contributed by atoms with Gasteiger partial charge in [-0.1, -0.05) is 48.0 Å². The van der Waals surface area contributed by atoms with Crippen molar-refractivity contribution in [2.75, 3.05) is 39.8 Å². The van der Waals surface area contributed by atoms with Gasteiger partial charge in [-0.05, 0) is 60.2 Å². The summed E-state index contributed by atoms with van der Waals surface area (Å²) >= 11 is 6.12. The summed E-state index contributed by atoms with van der Waals surface area (Å²) in [6.07, 6.45) is 0.711. The molecule has 3 atom stereocenters. The number of methoxy groups -OCH3 is 1. The van der Waals surface area contributed by atoms with Crippen LogP contribution in [0.15, 0.2) is 72.8 Å². The van der Waals surface area contributed by atoms with Crippen LogP contribution in [0.3, 0.4) is 0 Å². The van der Waals surface area contributed by atoms with Crippen molar-refractivity contribution in [2.45, 2.75) is 12.5 Å². The van der Waals surface area contributed by atoms with Crippen LogP contribution in [0.5, 0.6) is 0 Å². The first-order chi connectivity index (χ1) is 19.3. The van der Waals surface area contributed by atoms with Crippen LogP contribution in [-0.2, 0) is 4.74 Å². The second kappa shape index (κ2) is 12.2. The molecule has 40 heavy (non-hydrogen) atoms. The molecule has 2 aliphatic rings. The molecule has 2 aliphatic heterocycles. The molecular weight excluding hydrogens is 533 g/mol. The zero-order chi connectivity index (χ0) is 28.2. The highest BCUT2D eigenvalue weighted by Gasteiger charge is 2.42. The number of nitrogens with zero attached hydrogens (tertiary/aromatic N) is 2. The highest BCUT2D eigenvalue weighted by molar-refractivity contribution is 6.33. The van der Waals surface area contributed by atoms with E-state index in [0.29, 0.717) is 42.5 Å². The molecule has 0 saturated carbocycles. The molecule has 0 spiro atoms. The van der Waals surface area contributed by atoms with Crippen LogP contribution in [-0.4, -0.2) is 67.4 Å². The lowest BCUT2D eigenvalue weighted by atomic mass is 10.0. The van der Waals surface area contributed by atoms with Crippen molar-refractivity contribution < 1.29 is 23.5 Å². The molecule has 0 aromatic heterocycles. The fraction of sp³-hybridized carbons (Fsp3) is 0.323. The van der Waals surface area contributed by atoms with Gasteiger partial charge in [-0.3, -0.25) is 9.59 Å². The van der Waals surface area contributed by atoms with Crippen molar-refractivity contribution in [3.05, 3.63) is 106 Å². The Balaban J connectivity index is 1.19. The molecule has 1 N–H and O–H groups in total. The van der Waals surface area contributed by atoms with Crippen LogP contribution in [0.1, 0.15) is 49.1 Å². The van der Waals surface area contributed by atoms with Gasteiger partial charge >= 0.3 is 5.97 Å². The average molecular weight is 564 g/mol. The minimum absolute atomic E-state index is 0.0534. The van der Waals surface area contributed by atoms with Gasteiger partial charge in [0.05, 0.1) is 29.3 Å². The Kier molecular flexibility index (Phi) is 8.47. The lowest BCUT2D eigenvalue weighted by Gasteiger charge is -2.25. The minimum Gasteiger partial charge on any atom is -0.465 e. The smallest absolute Gasteiger partial charge is 0.337 e. The van der Waals surface area contributed by atoms with Gasteiger partial charge in [0.25, 0.3) is 11.8 Å². The second-order valence-corrected chi connectivity index (χ2v) is 10.8. The van der Waals surface area contributed by atoms with Crippen molar-refractivity contribution >= 4 is 29.4 Å². The summed E-state index contributed by atoms with van der Waals surface area (Å²) in [5.41, 5.74) is 1.81. The SMILES string of the molecule is COC(=O)c1ccc(C(=O)N[C@@H](CCN2CC3CN(C(=O)c4c(F)cccc4Cl)CC3C2)c2ccccc2)cc1. The quantitative estimate of drug-likeness (QED) is 0.397. The standard InChI is InChI=1S/C31H31ClFN3O4/c1-40-31(39)22-12-10-21(11-13-22)29(37)34-27(20-6-3-2-4-7-20)14-15-35-16-23-18-36(19-24(23)17-35)30(38)28-25(32)8-5-9-26(28)33/h2-13,23-24,27H,14-19H2,1H3,(H,34,37)/t23?,24?,27-/m0/s1. The first-order valence-corrected chi connectivity index (χ1v) is 13.7. The van der Waals surface area contributed by atoms with Crippen LogP contribution in [0, 0.1) is 17.7 Å². The highest BCUT2D eigenvalue weighted by Crippen LogP contribution is 2.34. The van der Waals surface area contributed by atoms with Gasteiger partial charge in [0.2, 0.25) is 0 Å². The Bertz CT molecular complexity index is 1350. The molecule has 2 heterocycles. The summed E-state index contributed by atoms with van der Waals surface area (Å²) in [6.45, 7) is 3.60. The Morgan fingerprint density at radius 3 is 2.20 bits per heavy atom. The van der Waals surface area contributed by atoms with E-state index in [1.165, 1.54) is 25.3 Å². The predicted molar refractivity (Wildman–Crippen MR) is 150 cm³/mol. The summed E-state index contributed by atoms with van der Waals surface area (Å²) < 4.78 is 19.0. The number of likely N-dealkylation sites (tertiary alicyclic amines) is 2. The first kappa shape index (κ1) is 27.8. The summed E-state index contributed by atoms with van der Waals surface area (Å²) in [5.74, 6) is -0.988. The average Bonchev–Trinajstić information content (AvgIpc) is 3.54. The van der Waals surface area contributed by atoms with Crippen molar-refractivity contribution in [3.8, 4) is 0 Å². The molecule has 0 aliphatic carbocycles. The Labute approximate surface area is 237 Å². The molecule has 0 radical (unpaired) electrons. The Hall–Kier alpha value is -3.75. The van der Waals surface area contributed by atoms with Crippen LogP contribution in [0.4, 0.5) is 4.39 Å². The van der Waals surface area contributed by atoms with Gasteiger partial charge in [0.1, 0.15) is 5.82 Å². The van der Waals surface area contributed by atoms with Gasteiger partial charge in [0.15, 0.2) is 0 Å². The third kappa shape index (κ3) is 6.03. The summed E-state index contributed by atoms with van der Waals surface area (Å²) in [7, 11) is 1.32. The molecule has 7 nitrogen and oxygen atoms in total. The number of hydrogen-bond donors (Lipinski definition) is 1. The van der Waals surface area contributed by atoms with E-state index in [9.17, 15) is 18.8 Å². The van der Waals surface area contributed by atoms with Gasteiger partial charge < -0.3 is 19.9 Å². The second-order valence-electron chi connectivity index (χ2n) is 10.4. The lowest BCUT2D eigenvalue weighted by Crippen LogP contribution is -2.35. The van der Waals surface area contributed by atoms with Crippen LogP contribution >= 0.6 is 11.6 Å². The zero-order valence-electron chi connectivity index (χ0n) is 22.2. The topological polar surface area (TPSA) is 79.0 Å². The molecule has 3 aromatic carbocycles. The van der Waals surface area contributed by atoms with E-state index in [4.69, 9.17) is 16.3 Å². The molecule has 2 unspecified atom stereocenters. The zero-order valence-corrected chi connectivity index (χ0v) is 22.9. The molecule has 2 amide bonds. The lowest BCUT2D eigenvalue weighted by molar-refractivity contribution is 0.0600. The number of nitrogens with one attached hydrogen (secondary N) is 1. The molecule has 0 bridgehead atoms. The summed E-state index contributed by atoms with van der Waals surface area (Å²) in [4.78, 5) is 41.9. The van der Waals surface area contributed by atoms with Crippen LogP contribution in [0.25, 0.3) is 0 Å². The molecule has 5 rings (SSSR count). The third-order valence-corrected chi connectivity index (χ3v) is 8.15. The molecule has 9 heteroatoms.